The lowest BCUT2D eigenvalue weighted by Crippen LogP contribution is -2.54. The van der Waals surface area contributed by atoms with Crippen molar-refractivity contribution in [2.75, 3.05) is 26.9 Å². The summed E-state index contributed by atoms with van der Waals surface area (Å²) < 4.78 is 28.1. The van der Waals surface area contributed by atoms with Gasteiger partial charge in [-0.3, -0.25) is 4.79 Å². The molecule has 2 N–H and O–H groups in total. The van der Waals surface area contributed by atoms with Crippen LogP contribution in [0.2, 0.25) is 0 Å². The minimum atomic E-state index is -2.21. The van der Waals surface area contributed by atoms with Crippen LogP contribution in [0.3, 0.4) is 0 Å². The Morgan fingerprint density at radius 2 is 1.57 bits per heavy atom. The summed E-state index contributed by atoms with van der Waals surface area (Å²) in [7, 11) is 1.24. The fourth-order valence-electron chi connectivity index (χ4n) is 5.94. The number of amides is 1. The fourth-order valence-corrected chi connectivity index (χ4v) is 5.94. The highest BCUT2D eigenvalue weighted by Crippen LogP contribution is 2.32. The topological polar surface area (TPSA) is 130 Å². The van der Waals surface area contributed by atoms with Crippen molar-refractivity contribution in [3.63, 3.8) is 0 Å². The number of nitrogens with one attached hydrogen (secondary N) is 1. The first kappa shape index (κ1) is 43.8. The van der Waals surface area contributed by atoms with Crippen LogP contribution in [0.15, 0.2) is 36.4 Å². The SMILES string of the molecule is CC#CCOc1ccc(C[C@H](NC(=O)[C@@H](/C=C/CCCCCCC2(CCCCCCC)OCCO2)[C@](C)(O)C(=O)OC(C)(C)C)C(=O)OC)cc1. The number of carbonyl (C=O) groups excluding carboxylic acids is 3. The second kappa shape index (κ2) is 22.5. The van der Waals surface area contributed by atoms with E-state index >= 15 is 0 Å². The number of allylic oxidation sites excluding steroid dienone is 1. The van der Waals surface area contributed by atoms with E-state index in [0.29, 0.717) is 25.4 Å². The Bertz CT molecular complexity index is 1280. The third-order valence-corrected chi connectivity index (χ3v) is 8.84. The number of esters is 2. The van der Waals surface area contributed by atoms with E-state index in [-0.39, 0.29) is 13.0 Å². The highest BCUT2D eigenvalue weighted by atomic mass is 16.7. The van der Waals surface area contributed by atoms with Crippen LogP contribution in [0.4, 0.5) is 0 Å². The first-order valence-electron chi connectivity index (χ1n) is 18.7. The molecule has 0 saturated carbocycles. The van der Waals surface area contributed by atoms with Gasteiger partial charge in [0.05, 0.1) is 26.2 Å². The summed E-state index contributed by atoms with van der Waals surface area (Å²) in [5, 5.41) is 14.2. The molecule has 1 amide bonds. The molecule has 1 aromatic rings. The average Bonchev–Trinajstić information content (AvgIpc) is 3.55. The number of hydrogen-bond acceptors (Lipinski definition) is 9. The average molecular weight is 714 g/mol. The Morgan fingerprint density at radius 1 is 0.961 bits per heavy atom. The van der Waals surface area contributed by atoms with Gasteiger partial charge in [0.2, 0.25) is 5.91 Å². The van der Waals surface area contributed by atoms with E-state index in [1.54, 1.807) is 58.0 Å². The Hall–Kier alpha value is -3.39. The standard InChI is InChI=1S/C41H63NO9/c1-8-10-12-16-19-26-41(49-29-30-50-41)27-20-17-14-13-15-18-21-34(40(6,46)38(45)51-39(3,4)5)36(43)42-35(37(44)47-7)31-32-22-24-33(25-23-32)48-28-11-9-2/h18,21-25,34-35,46H,8,10,12-17,19-20,26-31H2,1-7H3,(H,42,43)/b21-18+/t34-,35+,40+/m1/s1. The minimum Gasteiger partial charge on any atom is -0.481 e. The van der Waals surface area contributed by atoms with Gasteiger partial charge in [-0.25, -0.2) is 9.59 Å². The van der Waals surface area contributed by atoms with Crippen LogP contribution in [0.25, 0.3) is 0 Å². The summed E-state index contributed by atoms with van der Waals surface area (Å²) >= 11 is 0. The van der Waals surface area contributed by atoms with Crippen molar-refractivity contribution in [1.29, 1.82) is 0 Å². The summed E-state index contributed by atoms with van der Waals surface area (Å²) in [5.74, 6) is 2.15. The molecule has 1 heterocycles. The summed E-state index contributed by atoms with van der Waals surface area (Å²) in [6, 6.07) is 6.01. The molecule has 0 bridgehead atoms. The van der Waals surface area contributed by atoms with Gasteiger partial charge < -0.3 is 34.1 Å². The Morgan fingerprint density at radius 3 is 2.14 bits per heavy atom. The maximum absolute atomic E-state index is 13.8. The minimum absolute atomic E-state index is 0.120. The first-order chi connectivity index (χ1) is 24.3. The van der Waals surface area contributed by atoms with E-state index < -0.39 is 46.8 Å². The van der Waals surface area contributed by atoms with Gasteiger partial charge >= 0.3 is 11.9 Å². The molecule has 1 aliphatic heterocycles. The normalized spacial score (nSPS) is 16.4. The van der Waals surface area contributed by atoms with Gasteiger partial charge in [0.25, 0.3) is 0 Å². The molecule has 1 saturated heterocycles. The Balaban J connectivity index is 2.04. The fraction of sp³-hybridized carbons (Fsp3) is 0.683. The lowest BCUT2D eigenvalue weighted by molar-refractivity contribution is -0.181. The lowest BCUT2D eigenvalue weighted by Gasteiger charge is -2.32. The molecule has 2 rings (SSSR count). The van der Waals surface area contributed by atoms with E-state index in [0.717, 1.165) is 50.5 Å². The van der Waals surface area contributed by atoms with E-state index in [9.17, 15) is 19.5 Å². The largest absolute Gasteiger partial charge is 0.481 e. The van der Waals surface area contributed by atoms with Crippen molar-refractivity contribution < 1.29 is 43.2 Å². The van der Waals surface area contributed by atoms with E-state index in [1.165, 1.54) is 45.8 Å². The van der Waals surface area contributed by atoms with Gasteiger partial charge in [0, 0.05) is 19.3 Å². The monoisotopic (exact) mass is 713 g/mol. The van der Waals surface area contributed by atoms with Crippen molar-refractivity contribution in [3.8, 4) is 17.6 Å². The molecule has 10 nitrogen and oxygen atoms in total. The van der Waals surface area contributed by atoms with E-state index in [4.69, 9.17) is 23.7 Å². The van der Waals surface area contributed by atoms with Gasteiger partial charge in [-0.2, -0.15) is 0 Å². The molecule has 1 aromatic carbocycles. The molecule has 0 spiro atoms. The molecule has 10 heteroatoms. The van der Waals surface area contributed by atoms with Gasteiger partial charge in [-0.1, -0.05) is 75.7 Å². The van der Waals surface area contributed by atoms with Crippen LogP contribution in [-0.4, -0.2) is 72.9 Å². The van der Waals surface area contributed by atoms with Crippen LogP contribution in [0, 0.1) is 17.8 Å². The maximum Gasteiger partial charge on any atom is 0.339 e. The summed E-state index contributed by atoms with van der Waals surface area (Å²) in [5.41, 5.74) is -2.35. The zero-order valence-electron chi connectivity index (χ0n) is 32.1. The molecule has 3 atom stereocenters. The van der Waals surface area contributed by atoms with Crippen molar-refractivity contribution in [2.24, 2.45) is 5.92 Å². The van der Waals surface area contributed by atoms with E-state index in [2.05, 4.69) is 24.1 Å². The number of carbonyl (C=O) groups is 3. The van der Waals surface area contributed by atoms with Gasteiger partial charge in [0.15, 0.2) is 11.4 Å². The second-order valence-electron chi connectivity index (χ2n) is 14.4. The van der Waals surface area contributed by atoms with Crippen molar-refractivity contribution in [3.05, 3.63) is 42.0 Å². The molecule has 0 aliphatic carbocycles. The molecule has 286 valence electrons. The molecule has 0 aromatic heterocycles. The number of unbranched alkanes of at least 4 members (excludes halogenated alkanes) is 8. The molecular formula is C41H63NO9. The van der Waals surface area contributed by atoms with Crippen molar-refractivity contribution in [1.82, 2.24) is 5.32 Å². The molecule has 0 radical (unpaired) electrons. The second-order valence-corrected chi connectivity index (χ2v) is 14.4. The van der Waals surface area contributed by atoms with Crippen LogP contribution in [0.5, 0.6) is 5.75 Å². The molecule has 51 heavy (non-hydrogen) atoms. The molecule has 0 unspecified atom stereocenters. The predicted molar refractivity (Wildman–Crippen MR) is 198 cm³/mol. The number of rotatable bonds is 23. The van der Waals surface area contributed by atoms with Gasteiger partial charge in [-0.05, 0) is 78.0 Å². The highest BCUT2D eigenvalue weighted by molar-refractivity contribution is 5.93. The quantitative estimate of drug-likeness (QED) is 0.0533. The third-order valence-electron chi connectivity index (χ3n) is 8.84. The van der Waals surface area contributed by atoms with Gasteiger partial charge in [-0.15, -0.1) is 5.92 Å². The highest BCUT2D eigenvalue weighted by Gasteiger charge is 2.46. The number of ether oxygens (including phenoxy) is 5. The predicted octanol–water partition coefficient (Wildman–Crippen LogP) is 7.00. The maximum atomic E-state index is 13.8. The summed E-state index contributed by atoms with van der Waals surface area (Å²) in [6.45, 7) is 11.8. The third kappa shape index (κ3) is 16.2. The van der Waals surface area contributed by atoms with Crippen LogP contribution in [-0.2, 0) is 39.8 Å². The summed E-state index contributed by atoms with van der Waals surface area (Å²) in [4.78, 5) is 39.7. The Kier molecular flexibility index (Phi) is 19.3. The van der Waals surface area contributed by atoms with E-state index in [1.807, 2.05) is 0 Å². The molecule has 1 fully saturated rings. The van der Waals surface area contributed by atoms with Crippen LogP contribution < -0.4 is 10.1 Å². The Labute approximate surface area is 306 Å². The lowest BCUT2D eigenvalue weighted by atomic mass is 9.86. The zero-order valence-corrected chi connectivity index (χ0v) is 32.1. The zero-order chi connectivity index (χ0) is 37.8. The number of aliphatic hydroxyl groups is 1. The van der Waals surface area contributed by atoms with Crippen molar-refractivity contribution in [2.45, 2.75) is 148 Å². The molecular weight excluding hydrogens is 650 g/mol. The number of methoxy groups -OCH3 is 1. The van der Waals surface area contributed by atoms with Crippen LogP contribution >= 0.6 is 0 Å². The summed E-state index contributed by atoms with van der Waals surface area (Å²) in [6.07, 6.45) is 15.8. The first-order valence-corrected chi connectivity index (χ1v) is 18.7. The van der Waals surface area contributed by atoms with Gasteiger partial charge in [0.1, 0.15) is 24.0 Å². The van der Waals surface area contributed by atoms with Crippen molar-refractivity contribution >= 4 is 17.8 Å². The number of hydrogen-bond donors (Lipinski definition) is 2. The van der Waals surface area contributed by atoms with Crippen LogP contribution in [0.1, 0.15) is 124 Å². The number of benzene rings is 1. The molecule has 1 aliphatic rings. The smallest absolute Gasteiger partial charge is 0.339 e.